The summed E-state index contributed by atoms with van der Waals surface area (Å²) in [5, 5.41) is 18.3. The van der Waals surface area contributed by atoms with Crippen LogP contribution in [0.1, 0.15) is 18.4 Å². The molecule has 0 unspecified atom stereocenters. The average molecular weight is 542 g/mol. The molecular weight excluding hydrogens is 518 g/mol. The lowest BCUT2D eigenvalue weighted by Gasteiger charge is -2.32. The van der Waals surface area contributed by atoms with Gasteiger partial charge in [-0.05, 0) is 65.5 Å². The molecule has 1 aliphatic rings. The molecule has 0 saturated carbocycles. The van der Waals surface area contributed by atoms with Crippen LogP contribution in [-0.2, 0) is 10.0 Å². The summed E-state index contributed by atoms with van der Waals surface area (Å²) in [7, 11) is -3.52. The van der Waals surface area contributed by atoms with Crippen LogP contribution in [0.15, 0.2) is 70.2 Å². The molecule has 1 fully saturated rings. The van der Waals surface area contributed by atoms with Crippen molar-refractivity contribution in [2.45, 2.75) is 30.7 Å². The van der Waals surface area contributed by atoms with Gasteiger partial charge in [-0.1, -0.05) is 24.3 Å². The zero-order valence-electron chi connectivity index (χ0n) is 18.5. The highest BCUT2D eigenvalue weighted by molar-refractivity contribution is 9.10. The van der Waals surface area contributed by atoms with Crippen LogP contribution in [0.5, 0.6) is 5.75 Å². The number of phenols is 1. The Morgan fingerprint density at radius 3 is 2.59 bits per heavy atom. The van der Waals surface area contributed by atoms with Crippen LogP contribution in [0.2, 0.25) is 0 Å². The van der Waals surface area contributed by atoms with Gasteiger partial charge in [-0.3, -0.25) is 0 Å². The maximum atomic E-state index is 13.1. The van der Waals surface area contributed by atoms with Crippen molar-refractivity contribution in [3.05, 3.63) is 70.8 Å². The summed E-state index contributed by atoms with van der Waals surface area (Å²) >= 11 is 3.50. The summed E-state index contributed by atoms with van der Waals surface area (Å²) in [5.41, 5.74) is 2.79. The lowest BCUT2D eigenvalue weighted by atomic mass is 10.1. The number of phenolic OH excluding ortho intramolecular Hbond substituents is 1. The number of hydrogen-bond donors (Lipinski definition) is 2. The Morgan fingerprint density at radius 1 is 1.09 bits per heavy atom. The van der Waals surface area contributed by atoms with Gasteiger partial charge in [-0.2, -0.15) is 13.9 Å². The van der Waals surface area contributed by atoms with Gasteiger partial charge in [-0.25, -0.2) is 13.4 Å². The molecule has 0 aliphatic carbocycles. The first kappa shape index (κ1) is 22.8. The molecule has 0 amide bonds. The number of aromatic nitrogens is 3. The highest BCUT2D eigenvalue weighted by Crippen LogP contribution is 2.32. The van der Waals surface area contributed by atoms with Crippen molar-refractivity contribution in [2.24, 2.45) is 0 Å². The van der Waals surface area contributed by atoms with E-state index in [9.17, 15) is 13.5 Å². The van der Waals surface area contributed by atoms with E-state index in [1.165, 1.54) is 0 Å². The van der Waals surface area contributed by atoms with Gasteiger partial charge in [0.15, 0.2) is 5.65 Å². The summed E-state index contributed by atoms with van der Waals surface area (Å²) in [4.78, 5) is 5.01. The lowest BCUT2D eigenvalue weighted by molar-refractivity contribution is 0.329. The maximum absolute atomic E-state index is 13.1. The molecule has 176 valence electrons. The van der Waals surface area contributed by atoms with Crippen molar-refractivity contribution in [1.29, 1.82) is 0 Å². The normalized spacial score (nSPS) is 15.6. The van der Waals surface area contributed by atoms with Crippen LogP contribution in [0.25, 0.3) is 16.9 Å². The van der Waals surface area contributed by atoms with Crippen molar-refractivity contribution >= 4 is 37.4 Å². The number of halogens is 1. The van der Waals surface area contributed by atoms with E-state index in [4.69, 9.17) is 0 Å². The predicted octanol–water partition coefficient (Wildman–Crippen LogP) is 4.44. The third-order valence-corrected chi connectivity index (χ3v) is 8.50. The fourth-order valence-corrected chi connectivity index (χ4v) is 6.16. The van der Waals surface area contributed by atoms with E-state index >= 15 is 0 Å². The molecule has 0 atom stereocenters. The van der Waals surface area contributed by atoms with Gasteiger partial charge in [0.1, 0.15) is 11.6 Å². The SMILES string of the molecule is Cc1cccc(S(=O)(=O)N2CCC(Nc3cc(-c4ccccc4O)nc4c(Br)cnn34)CC2)c1. The van der Waals surface area contributed by atoms with E-state index in [1.807, 2.05) is 31.2 Å². The van der Waals surface area contributed by atoms with Gasteiger partial charge >= 0.3 is 0 Å². The number of piperidine rings is 1. The number of nitrogens with one attached hydrogen (secondary N) is 1. The second-order valence-electron chi connectivity index (χ2n) is 8.41. The predicted molar refractivity (Wildman–Crippen MR) is 134 cm³/mol. The molecule has 34 heavy (non-hydrogen) atoms. The second-order valence-corrected chi connectivity index (χ2v) is 11.2. The van der Waals surface area contributed by atoms with Gasteiger partial charge in [0.2, 0.25) is 10.0 Å². The van der Waals surface area contributed by atoms with E-state index in [-0.39, 0.29) is 11.8 Å². The summed E-state index contributed by atoms with van der Waals surface area (Å²) in [6.07, 6.45) is 2.99. The topological polar surface area (TPSA) is 99.8 Å². The van der Waals surface area contributed by atoms with Gasteiger partial charge in [0.25, 0.3) is 0 Å². The third kappa shape index (κ3) is 4.28. The Bertz CT molecular complexity index is 1460. The second kappa shape index (κ2) is 9.01. The fraction of sp³-hybridized carbons (Fsp3) is 0.250. The number of para-hydroxylation sites is 1. The molecule has 0 spiro atoms. The van der Waals surface area contributed by atoms with E-state index in [1.54, 1.807) is 45.3 Å². The van der Waals surface area contributed by atoms with Crippen LogP contribution in [0.3, 0.4) is 0 Å². The van der Waals surface area contributed by atoms with E-state index in [0.717, 1.165) is 15.9 Å². The highest BCUT2D eigenvalue weighted by Gasteiger charge is 2.30. The van der Waals surface area contributed by atoms with E-state index < -0.39 is 10.0 Å². The first-order valence-electron chi connectivity index (χ1n) is 11.0. The Labute approximate surface area is 206 Å². The van der Waals surface area contributed by atoms with Crippen molar-refractivity contribution in [1.82, 2.24) is 18.9 Å². The van der Waals surface area contributed by atoms with E-state index in [2.05, 4.69) is 31.3 Å². The van der Waals surface area contributed by atoms with Crippen molar-refractivity contribution in [3.63, 3.8) is 0 Å². The molecule has 2 aromatic carbocycles. The first-order valence-corrected chi connectivity index (χ1v) is 13.2. The number of sulfonamides is 1. The van der Waals surface area contributed by atoms with E-state index in [0.29, 0.717) is 47.7 Å². The van der Waals surface area contributed by atoms with Crippen LogP contribution < -0.4 is 5.32 Å². The molecule has 2 N–H and O–H groups in total. The van der Waals surface area contributed by atoms with Crippen LogP contribution in [-0.4, -0.2) is 51.6 Å². The monoisotopic (exact) mass is 541 g/mol. The van der Waals surface area contributed by atoms with Gasteiger partial charge in [0, 0.05) is 30.8 Å². The molecule has 1 aliphatic heterocycles. The molecular formula is C24H24BrN5O3S. The number of anilines is 1. The number of nitrogens with zero attached hydrogens (tertiary/aromatic N) is 4. The summed E-state index contributed by atoms with van der Waals surface area (Å²) < 4.78 is 30.1. The summed E-state index contributed by atoms with van der Waals surface area (Å²) in [6, 6.07) is 16.0. The molecule has 8 nitrogen and oxygen atoms in total. The van der Waals surface area contributed by atoms with Gasteiger partial charge in [0.05, 0.1) is 21.3 Å². The minimum atomic E-state index is -3.52. The standard InChI is InChI=1S/C24H24BrN5O3S/c1-16-5-4-6-18(13-16)34(32,33)29-11-9-17(10-12-29)27-23-14-21(19-7-2-3-8-22(19)31)28-24-20(25)15-26-30(23)24/h2-8,13-15,17,27,31H,9-12H2,1H3. The van der Waals surface area contributed by atoms with Crippen LogP contribution >= 0.6 is 15.9 Å². The molecule has 4 aromatic rings. The van der Waals surface area contributed by atoms with Crippen LogP contribution in [0.4, 0.5) is 5.82 Å². The smallest absolute Gasteiger partial charge is 0.243 e. The van der Waals surface area contributed by atoms with Crippen molar-refractivity contribution in [2.75, 3.05) is 18.4 Å². The Kier molecular flexibility index (Phi) is 6.05. The number of aromatic hydroxyl groups is 1. The zero-order valence-corrected chi connectivity index (χ0v) is 20.9. The fourth-order valence-electron chi connectivity index (χ4n) is 4.24. The number of benzene rings is 2. The molecule has 0 radical (unpaired) electrons. The molecule has 1 saturated heterocycles. The number of rotatable bonds is 5. The average Bonchev–Trinajstić information content (AvgIpc) is 3.21. The summed E-state index contributed by atoms with van der Waals surface area (Å²) in [6.45, 7) is 2.75. The first-order chi connectivity index (χ1) is 16.3. The molecule has 3 heterocycles. The Morgan fingerprint density at radius 2 is 1.85 bits per heavy atom. The van der Waals surface area contributed by atoms with Crippen LogP contribution in [0, 0.1) is 6.92 Å². The molecule has 5 rings (SSSR count). The zero-order chi connectivity index (χ0) is 23.9. The number of aryl methyl sites for hydroxylation is 1. The maximum Gasteiger partial charge on any atom is 0.243 e. The Hall–Kier alpha value is -2.95. The lowest BCUT2D eigenvalue weighted by Crippen LogP contribution is -2.42. The number of fused-ring (bicyclic) bond motifs is 1. The van der Waals surface area contributed by atoms with Gasteiger partial charge < -0.3 is 10.4 Å². The van der Waals surface area contributed by atoms with Crippen molar-refractivity contribution < 1.29 is 13.5 Å². The third-order valence-electron chi connectivity index (χ3n) is 6.04. The molecule has 0 bridgehead atoms. The number of hydrogen-bond acceptors (Lipinski definition) is 6. The molecule has 2 aromatic heterocycles. The largest absolute Gasteiger partial charge is 0.507 e. The minimum Gasteiger partial charge on any atom is -0.507 e. The summed E-state index contributed by atoms with van der Waals surface area (Å²) in [5.74, 6) is 0.879. The van der Waals surface area contributed by atoms with Crippen molar-refractivity contribution in [3.8, 4) is 17.0 Å². The van der Waals surface area contributed by atoms with Gasteiger partial charge in [-0.15, -0.1) is 0 Å². The highest BCUT2D eigenvalue weighted by atomic mass is 79.9. The minimum absolute atomic E-state index is 0.0646. The molecule has 10 heteroatoms. The quantitative estimate of drug-likeness (QED) is 0.387. The Balaban J connectivity index is 1.38.